The molecule has 0 aliphatic heterocycles. The second-order valence-corrected chi connectivity index (χ2v) is 7.16. The molecule has 0 aliphatic carbocycles. The molecular weight excluding hydrogens is 404 g/mol. The summed E-state index contributed by atoms with van der Waals surface area (Å²) in [4.78, 5) is 38.4. The Kier molecular flexibility index (Phi) is 9.12. The van der Waals surface area contributed by atoms with E-state index in [1.54, 1.807) is 6.07 Å². The van der Waals surface area contributed by atoms with Gasteiger partial charge in [-0.2, -0.15) is 0 Å². The van der Waals surface area contributed by atoms with E-state index in [2.05, 4.69) is 10.6 Å². The first kappa shape index (κ1) is 24.0. The van der Waals surface area contributed by atoms with E-state index >= 15 is 0 Å². The molecule has 0 bridgehead atoms. The monoisotopic (exact) mass is 431 g/mol. The van der Waals surface area contributed by atoms with Gasteiger partial charge in [0.2, 0.25) is 11.8 Å². The number of rotatable bonds is 10. The summed E-state index contributed by atoms with van der Waals surface area (Å²) in [7, 11) is 0. The first-order valence-electron chi connectivity index (χ1n) is 10.2. The van der Waals surface area contributed by atoms with Crippen molar-refractivity contribution in [1.29, 1.82) is 0 Å². The van der Waals surface area contributed by atoms with Crippen LogP contribution in [0.3, 0.4) is 0 Å². The quantitative estimate of drug-likeness (QED) is 0.564. The highest BCUT2D eigenvalue weighted by Crippen LogP contribution is 2.13. The molecule has 3 amide bonds. The fourth-order valence-corrected chi connectivity index (χ4v) is 3.01. The number of carbonyl (C=O) groups is 3. The molecule has 0 aliphatic rings. The Morgan fingerprint density at radius 2 is 1.81 bits per heavy atom. The molecule has 0 atom stereocenters. The lowest BCUT2D eigenvalue weighted by Crippen LogP contribution is -2.39. The number of halogens is 2. The second-order valence-electron chi connectivity index (χ2n) is 7.16. The average Bonchev–Trinajstić information content (AvgIpc) is 2.72. The molecule has 6 nitrogen and oxygen atoms in total. The van der Waals surface area contributed by atoms with Gasteiger partial charge < -0.3 is 15.5 Å². The molecule has 2 aromatic carbocycles. The topological polar surface area (TPSA) is 78.5 Å². The molecule has 2 N–H and O–H groups in total. The van der Waals surface area contributed by atoms with E-state index in [0.29, 0.717) is 31.1 Å². The zero-order valence-corrected chi connectivity index (χ0v) is 17.7. The smallest absolute Gasteiger partial charge is 0.254 e. The van der Waals surface area contributed by atoms with Crippen molar-refractivity contribution in [2.75, 3.05) is 25.0 Å². The number of para-hydroxylation sites is 1. The number of nitrogens with one attached hydrogen (secondary N) is 2. The number of hydrogen-bond donors (Lipinski definition) is 2. The third kappa shape index (κ3) is 7.47. The van der Waals surface area contributed by atoms with Crippen LogP contribution in [0.2, 0.25) is 0 Å². The normalized spacial score (nSPS) is 10.5. The number of amides is 3. The minimum absolute atomic E-state index is 0.0614. The number of hydrogen-bond acceptors (Lipinski definition) is 3. The van der Waals surface area contributed by atoms with Gasteiger partial charge in [0.1, 0.15) is 11.6 Å². The maximum absolute atomic E-state index is 13.6. The molecule has 0 heterocycles. The molecule has 0 spiro atoms. The van der Waals surface area contributed by atoms with Crippen LogP contribution >= 0.6 is 0 Å². The summed E-state index contributed by atoms with van der Waals surface area (Å²) < 4.78 is 26.6. The van der Waals surface area contributed by atoms with Crippen LogP contribution in [0.1, 0.15) is 42.1 Å². The van der Waals surface area contributed by atoms with Crippen molar-refractivity contribution in [1.82, 2.24) is 10.2 Å². The summed E-state index contributed by atoms with van der Waals surface area (Å²) >= 11 is 0. The van der Waals surface area contributed by atoms with Gasteiger partial charge in [0.05, 0.1) is 12.1 Å². The van der Waals surface area contributed by atoms with Gasteiger partial charge in [0.25, 0.3) is 5.91 Å². The molecular formula is C23H27F2N3O3. The fourth-order valence-electron chi connectivity index (χ4n) is 3.01. The van der Waals surface area contributed by atoms with Crippen LogP contribution in [0.4, 0.5) is 14.5 Å². The minimum atomic E-state index is -0.942. The van der Waals surface area contributed by atoms with Crippen LogP contribution in [-0.2, 0) is 9.59 Å². The first-order valence-corrected chi connectivity index (χ1v) is 10.2. The van der Waals surface area contributed by atoms with E-state index in [1.165, 1.54) is 4.90 Å². The van der Waals surface area contributed by atoms with Crippen LogP contribution in [0, 0.1) is 18.6 Å². The summed E-state index contributed by atoms with van der Waals surface area (Å²) in [6.45, 7) is 4.33. The lowest BCUT2D eigenvalue weighted by molar-refractivity contribution is -0.134. The van der Waals surface area contributed by atoms with E-state index in [4.69, 9.17) is 0 Å². The van der Waals surface area contributed by atoms with Gasteiger partial charge in [-0.1, -0.05) is 25.1 Å². The van der Waals surface area contributed by atoms with Crippen LogP contribution in [0.25, 0.3) is 0 Å². The number of carbonyl (C=O) groups excluding carboxylic acids is 3. The van der Waals surface area contributed by atoms with Crippen molar-refractivity contribution in [2.24, 2.45) is 0 Å². The molecule has 0 saturated heterocycles. The summed E-state index contributed by atoms with van der Waals surface area (Å²) in [5.41, 5.74) is 1.37. The molecule has 31 heavy (non-hydrogen) atoms. The van der Waals surface area contributed by atoms with E-state index < -0.39 is 17.5 Å². The van der Waals surface area contributed by atoms with Crippen LogP contribution < -0.4 is 10.6 Å². The Hall–Kier alpha value is -3.29. The van der Waals surface area contributed by atoms with Gasteiger partial charge >= 0.3 is 0 Å². The Morgan fingerprint density at radius 3 is 2.48 bits per heavy atom. The van der Waals surface area contributed by atoms with E-state index in [0.717, 1.165) is 17.7 Å². The first-order chi connectivity index (χ1) is 14.8. The van der Waals surface area contributed by atoms with Gasteiger partial charge in [0.15, 0.2) is 0 Å². The molecule has 2 aromatic rings. The number of aryl methyl sites for hydroxylation is 1. The van der Waals surface area contributed by atoms with Crippen LogP contribution in [0.5, 0.6) is 0 Å². The molecule has 2 rings (SSSR count). The molecule has 0 fully saturated rings. The summed E-state index contributed by atoms with van der Waals surface area (Å²) in [5.74, 6) is -2.86. The highest BCUT2D eigenvalue weighted by Gasteiger charge is 2.17. The highest BCUT2D eigenvalue weighted by atomic mass is 19.1. The maximum Gasteiger partial charge on any atom is 0.254 e. The third-order valence-corrected chi connectivity index (χ3v) is 4.63. The van der Waals surface area contributed by atoms with Gasteiger partial charge in [0, 0.05) is 31.3 Å². The van der Waals surface area contributed by atoms with Crippen molar-refractivity contribution >= 4 is 23.4 Å². The third-order valence-electron chi connectivity index (χ3n) is 4.63. The largest absolute Gasteiger partial charge is 0.352 e. The second kappa shape index (κ2) is 11.8. The molecule has 0 radical (unpaired) electrons. The van der Waals surface area contributed by atoms with E-state index in [-0.39, 0.29) is 36.9 Å². The van der Waals surface area contributed by atoms with Crippen molar-refractivity contribution in [3.05, 3.63) is 65.2 Å². The summed E-state index contributed by atoms with van der Waals surface area (Å²) in [6.07, 6.45) is 1.15. The highest BCUT2D eigenvalue weighted by molar-refractivity contribution is 5.95. The fraction of sp³-hybridized carbons (Fsp3) is 0.348. The zero-order valence-electron chi connectivity index (χ0n) is 17.7. The van der Waals surface area contributed by atoms with Gasteiger partial charge in [-0.05, 0) is 43.5 Å². The summed E-state index contributed by atoms with van der Waals surface area (Å²) in [6, 6.07) is 10.1. The van der Waals surface area contributed by atoms with E-state index in [1.807, 2.05) is 32.0 Å². The van der Waals surface area contributed by atoms with Crippen molar-refractivity contribution in [3.63, 3.8) is 0 Å². The molecule has 0 saturated carbocycles. The predicted molar refractivity (Wildman–Crippen MR) is 115 cm³/mol. The molecule has 166 valence electrons. The number of anilines is 1. The maximum atomic E-state index is 13.6. The Balaban J connectivity index is 1.81. The summed E-state index contributed by atoms with van der Waals surface area (Å²) in [5, 5.41) is 5.33. The Morgan fingerprint density at radius 1 is 1.06 bits per heavy atom. The standard InChI is InChI=1S/C23H27F2N3O3/c1-3-13-28(15-21(29)27-20-8-5-4-7-16(20)2)22(30)9-6-12-26-23(31)18-11-10-17(24)14-19(18)25/h4-5,7-8,10-11,14H,3,6,9,12-13,15H2,1-2H3,(H,26,31)(H,27,29). The molecule has 0 unspecified atom stereocenters. The lowest BCUT2D eigenvalue weighted by atomic mass is 10.2. The van der Waals surface area contributed by atoms with Crippen LogP contribution in [0.15, 0.2) is 42.5 Å². The Bertz CT molecular complexity index is 934. The van der Waals surface area contributed by atoms with Gasteiger partial charge in [-0.3, -0.25) is 14.4 Å². The van der Waals surface area contributed by atoms with Crippen molar-refractivity contribution in [2.45, 2.75) is 33.1 Å². The van der Waals surface area contributed by atoms with E-state index in [9.17, 15) is 23.2 Å². The zero-order chi connectivity index (χ0) is 22.8. The predicted octanol–water partition coefficient (Wildman–Crippen LogP) is 3.66. The van der Waals surface area contributed by atoms with Crippen molar-refractivity contribution < 1.29 is 23.2 Å². The van der Waals surface area contributed by atoms with Gasteiger partial charge in [-0.25, -0.2) is 8.78 Å². The number of benzene rings is 2. The minimum Gasteiger partial charge on any atom is -0.352 e. The number of nitrogens with zero attached hydrogens (tertiary/aromatic N) is 1. The van der Waals surface area contributed by atoms with Crippen LogP contribution in [-0.4, -0.2) is 42.3 Å². The van der Waals surface area contributed by atoms with Gasteiger partial charge in [-0.15, -0.1) is 0 Å². The van der Waals surface area contributed by atoms with Crippen molar-refractivity contribution in [3.8, 4) is 0 Å². The lowest BCUT2D eigenvalue weighted by Gasteiger charge is -2.22. The average molecular weight is 431 g/mol. The Labute approximate surface area is 180 Å². The molecule has 8 heteroatoms. The molecule has 0 aromatic heterocycles. The SMILES string of the molecule is CCCN(CC(=O)Nc1ccccc1C)C(=O)CCCNC(=O)c1ccc(F)cc1F.